The van der Waals surface area contributed by atoms with Crippen LogP contribution in [-0.4, -0.2) is 11.1 Å². The summed E-state index contributed by atoms with van der Waals surface area (Å²) in [6, 6.07) is 9.11. The molecule has 0 spiro atoms. The summed E-state index contributed by atoms with van der Waals surface area (Å²) in [5.41, 5.74) is 3.20. The molecule has 0 saturated carbocycles. The van der Waals surface area contributed by atoms with Gasteiger partial charge in [0.1, 0.15) is 0 Å². The first-order chi connectivity index (χ1) is 10.2. The van der Waals surface area contributed by atoms with Crippen LogP contribution in [0.1, 0.15) is 25.3 Å². The summed E-state index contributed by atoms with van der Waals surface area (Å²) in [7, 11) is 0. The molecule has 1 aliphatic rings. The topological polar surface area (TPSA) is 73.1 Å². The fourth-order valence-corrected chi connectivity index (χ4v) is 2.21. The average Bonchev–Trinajstić information content (AvgIpc) is 2.53. The molecule has 0 atom stereocenters. The minimum Gasteiger partial charge on any atom is -0.478 e. The maximum absolute atomic E-state index is 11.3. The molecular formula is C17H16N2O2. The van der Waals surface area contributed by atoms with Gasteiger partial charge < -0.3 is 10.4 Å². The first kappa shape index (κ1) is 14.6. The third-order valence-corrected chi connectivity index (χ3v) is 3.26. The van der Waals surface area contributed by atoms with Crippen LogP contribution in [0.4, 0.5) is 5.69 Å². The standard InChI is InChI=1S/C17H16N2O2/c1-2-16(14-5-3-4-6-15(14)17(20)21)19-13-9-7-12(11-18)8-10-13/h2,5-10,19H,3-4H2,1H3,(H,20,21). The van der Waals surface area contributed by atoms with E-state index in [-0.39, 0.29) is 0 Å². The molecule has 1 aromatic rings. The molecule has 4 heteroatoms. The zero-order valence-electron chi connectivity index (χ0n) is 11.8. The summed E-state index contributed by atoms with van der Waals surface area (Å²) in [6.07, 6.45) is 7.13. The highest BCUT2D eigenvalue weighted by Gasteiger charge is 2.18. The number of benzene rings is 1. The molecule has 2 rings (SSSR count). The van der Waals surface area contributed by atoms with E-state index in [1.54, 1.807) is 30.3 Å². The highest BCUT2D eigenvalue weighted by atomic mass is 16.4. The van der Waals surface area contributed by atoms with Gasteiger partial charge in [0, 0.05) is 17.0 Å². The van der Waals surface area contributed by atoms with E-state index < -0.39 is 5.97 Å². The number of anilines is 1. The number of aliphatic carboxylic acids is 1. The van der Waals surface area contributed by atoms with Crippen LogP contribution in [-0.2, 0) is 4.79 Å². The van der Waals surface area contributed by atoms with Gasteiger partial charge in [-0.2, -0.15) is 5.26 Å². The molecule has 0 aromatic heterocycles. The van der Waals surface area contributed by atoms with Crippen LogP contribution >= 0.6 is 0 Å². The number of carboxylic acids is 1. The highest BCUT2D eigenvalue weighted by molar-refractivity contribution is 5.94. The van der Waals surface area contributed by atoms with E-state index in [0.717, 1.165) is 24.2 Å². The van der Waals surface area contributed by atoms with Gasteiger partial charge >= 0.3 is 5.97 Å². The van der Waals surface area contributed by atoms with Crippen molar-refractivity contribution in [3.8, 4) is 6.07 Å². The number of nitrogens with zero attached hydrogens (tertiary/aromatic N) is 1. The van der Waals surface area contributed by atoms with Crippen molar-refractivity contribution < 1.29 is 9.90 Å². The molecule has 0 saturated heterocycles. The van der Waals surface area contributed by atoms with Crippen LogP contribution in [0.25, 0.3) is 0 Å². The Hall–Kier alpha value is -2.80. The van der Waals surface area contributed by atoms with Crippen molar-refractivity contribution in [2.45, 2.75) is 19.8 Å². The van der Waals surface area contributed by atoms with Crippen molar-refractivity contribution in [2.75, 3.05) is 5.32 Å². The fraction of sp³-hybridized carbons (Fsp3) is 0.176. The molecule has 1 aromatic carbocycles. The van der Waals surface area contributed by atoms with Crippen LogP contribution in [0.3, 0.4) is 0 Å². The van der Waals surface area contributed by atoms with Crippen LogP contribution in [0.5, 0.6) is 0 Å². The summed E-state index contributed by atoms with van der Waals surface area (Å²) in [5, 5.41) is 21.3. The summed E-state index contributed by atoms with van der Waals surface area (Å²) >= 11 is 0. The van der Waals surface area contributed by atoms with E-state index in [2.05, 4.69) is 11.4 Å². The van der Waals surface area contributed by atoms with Crippen molar-refractivity contribution in [2.24, 2.45) is 0 Å². The van der Waals surface area contributed by atoms with Crippen molar-refractivity contribution in [3.05, 3.63) is 64.9 Å². The van der Waals surface area contributed by atoms with E-state index in [1.165, 1.54) is 0 Å². The molecule has 0 aliphatic heterocycles. The Labute approximate surface area is 123 Å². The molecule has 1 aliphatic carbocycles. The molecule has 106 valence electrons. The van der Waals surface area contributed by atoms with Gasteiger partial charge in [-0.1, -0.05) is 18.2 Å². The first-order valence-electron chi connectivity index (χ1n) is 6.73. The molecule has 0 unspecified atom stereocenters. The number of nitrogens with one attached hydrogen (secondary N) is 1. The van der Waals surface area contributed by atoms with Crippen LogP contribution in [0.15, 0.2) is 59.3 Å². The largest absolute Gasteiger partial charge is 0.478 e. The second-order valence-electron chi connectivity index (χ2n) is 4.63. The summed E-state index contributed by atoms with van der Waals surface area (Å²) < 4.78 is 0. The van der Waals surface area contributed by atoms with E-state index in [1.807, 2.05) is 19.1 Å². The van der Waals surface area contributed by atoms with Crippen LogP contribution < -0.4 is 5.32 Å². The summed E-state index contributed by atoms with van der Waals surface area (Å²) in [6.45, 7) is 1.86. The number of rotatable bonds is 4. The molecule has 0 heterocycles. The van der Waals surface area contributed by atoms with Gasteiger partial charge in [0.2, 0.25) is 0 Å². The summed E-state index contributed by atoms with van der Waals surface area (Å²) in [4.78, 5) is 11.3. The van der Waals surface area contributed by atoms with Gasteiger partial charge in [-0.25, -0.2) is 4.79 Å². The minimum atomic E-state index is -0.915. The number of hydrogen-bond acceptors (Lipinski definition) is 3. The van der Waals surface area contributed by atoms with E-state index in [9.17, 15) is 9.90 Å². The molecule has 0 bridgehead atoms. The quantitative estimate of drug-likeness (QED) is 0.883. The lowest BCUT2D eigenvalue weighted by Crippen LogP contribution is -2.12. The lowest BCUT2D eigenvalue weighted by Gasteiger charge is -2.18. The Morgan fingerprint density at radius 2 is 1.86 bits per heavy atom. The fourth-order valence-electron chi connectivity index (χ4n) is 2.21. The minimum absolute atomic E-state index is 0.329. The molecular weight excluding hydrogens is 264 g/mol. The van der Waals surface area contributed by atoms with Gasteiger partial charge in [0.15, 0.2) is 0 Å². The smallest absolute Gasteiger partial charge is 0.336 e. The zero-order valence-corrected chi connectivity index (χ0v) is 11.8. The normalized spacial score (nSPS) is 14.8. The number of carbonyl (C=O) groups is 1. The van der Waals surface area contributed by atoms with Gasteiger partial charge in [-0.05, 0) is 44.0 Å². The average molecular weight is 280 g/mol. The highest BCUT2D eigenvalue weighted by Crippen LogP contribution is 2.27. The number of nitriles is 1. The lowest BCUT2D eigenvalue weighted by molar-refractivity contribution is -0.132. The Bertz CT molecular complexity index is 674. The van der Waals surface area contributed by atoms with Crippen molar-refractivity contribution >= 4 is 11.7 Å². The number of hydrogen-bond donors (Lipinski definition) is 2. The number of carboxylic acid groups (broad SMARTS) is 1. The van der Waals surface area contributed by atoms with E-state index >= 15 is 0 Å². The van der Waals surface area contributed by atoms with Gasteiger partial charge in [0.05, 0.1) is 17.2 Å². The second kappa shape index (κ2) is 6.58. The Kier molecular flexibility index (Phi) is 4.57. The van der Waals surface area contributed by atoms with Crippen molar-refractivity contribution in [3.63, 3.8) is 0 Å². The molecule has 2 N–H and O–H groups in total. The third-order valence-electron chi connectivity index (χ3n) is 3.26. The molecule has 21 heavy (non-hydrogen) atoms. The third kappa shape index (κ3) is 3.40. The molecule has 0 amide bonds. The van der Waals surface area contributed by atoms with Crippen LogP contribution in [0.2, 0.25) is 0 Å². The predicted octanol–water partition coefficient (Wildman–Crippen LogP) is 3.61. The molecule has 0 radical (unpaired) electrons. The van der Waals surface area contributed by atoms with E-state index in [4.69, 9.17) is 5.26 Å². The van der Waals surface area contributed by atoms with Gasteiger partial charge in [0.25, 0.3) is 0 Å². The predicted molar refractivity (Wildman–Crippen MR) is 81.6 cm³/mol. The van der Waals surface area contributed by atoms with E-state index in [0.29, 0.717) is 16.7 Å². The van der Waals surface area contributed by atoms with Gasteiger partial charge in [-0.15, -0.1) is 0 Å². The van der Waals surface area contributed by atoms with Gasteiger partial charge in [-0.3, -0.25) is 0 Å². The molecule has 0 fully saturated rings. The van der Waals surface area contributed by atoms with Crippen LogP contribution in [0, 0.1) is 11.3 Å². The second-order valence-corrected chi connectivity index (χ2v) is 4.63. The monoisotopic (exact) mass is 280 g/mol. The maximum atomic E-state index is 11.3. The molecule has 4 nitrogen and oxygen atoms in total. The van der Waals surface area contributed by atoms with Crippen molar-refractivity contribution in [1.29, 1.82) is 5.26 Å². The zero-order chi connectivity index (χ0) is 15.2. The van der Waals surface area contributed by atoms with Crippen molar-refractivity contribution in [1.82, 2.24) is 0 Å². The number of allylic oxidation sites excluding steroid dienone is 4. The Morgan fingerprint density at radius 1 is 1.24 bits per heavy atom. The Morgan fingerprint density at radius 3 is 2.38 bits per heavy atom. The Balaban J connectivity index is 2.24. The SMILES string of the molecule is CC=C(Nc1ccc(C#N)cc1)C1=CCCC=C1C(=O)O. The lowest BCUT2D eigenvalue weighted by atomic mass is 9.95. The summed E-state index contributed by atoms with van der Waals surface area (Å²) in [5.74, 6) is -0.915. The maximum Gasteiger partial charge on any atom is 0.336 e. The first-order valence-corrected chi connectivity index (χ1v) is 6.73.